The van der Waals surface area contributed by atoms with Gasteiger partial charge in [0.25, 0.3) is 0 Å². The number of primary sulfonamides is 1. The summed E-state index contributed by atoms with van der Waals surface area (Å²) in [4.78, 5) is 14.3. The maximum Gasteiger partial charge on any atom is 0.348 e. The number of sulfonamides is 1. The van der Waals surface area contributed by atoms with Gasteiger partial charge in [-0.25, -0.2) is 18.4 Å². The number of anilines is 1. The minimum Gasteiger partial charge on any atom is -0.370 e. The lowest BCUT2D eigenvalue weighted by Gasteiger charge is -2.02. The van der Waals surface area contributed by atoms with Crippen molar-refractivity contribution in [2.75, 3.05) is 5.32 Å². The number of benzene rings is 1. The van der Waals surface area contributed by atoms with E-state index in [9.17, 15) is 13.2 Å². The Morgan fingerprint density at radius 3 is 2.12 bits per heavy atom. The number of carbonyl (C=O) groups is 1. The van der Waals surface area contributed by atoms with E-state index >= 15 is 0 Å². The summed E-state index contributed by atoms with van der Waals surface area (Å²) in [6.07, 6.45) is 0. The molecule has 2 amide bonds. The second-order valence-corrected chi connectivity index (χ2v) is 4.60. The Bertz CT molecular complexity index is 545. The number of amides is 2. The summed E-state index contributed by atoms with van der Waals surface area (Å²) in [5.41, 5.74) is 10.3. The zero-order valence-electron chi connectivity index (χ0n) is 8.62. The predicted molar refractivity (Wildman–Crippen MR) is 62.6 cm³/mol. The van der Waals surface area contributed by atoms with Crippen LogP contribution in [0, 0.1) is 0 Å². The van der Waals surface area contributed by atoms with Gasteiger partial charge in [0.1, 0.15) is 0 Å². The first-order valence-corrected chi connectivity index (χ1v) is 5.87. The van der Waals surface area contributed by atoms with Crippen LogP contribution in [0.5, 0.6) is 0 Å². The lowest BCUT2D eigenvalue weighted by Crippen LogP contribution is -2.25. The van der Waals surface area contributed by atoms with Crippen LogP contribution < -0.4 is 21.9 Å². The molecule has 8 nitrogen and oxygen atoms in total. The molecule has 9 heteroatoms. The van der Waals surface area contributed by atoms with Crippen molar-refractivity contribution >= 4 is 27.7 Å². The third-order valence-electron chi connectivity index (χ3n) is 1.66. The van der Waals surface area contributed by atoms with E-state index in [1.54, 1.807) is 0 Å². The maximum absolute atomic E-state index is 11.1. The molecule has 0 saturated carbocycles. The Kier molecular flexibility index (Phi) is 3.66. The van der Waals surface area contributed by atoms with Crippen molar-refractivity contribution in [3.05, 3.63) is 24.3 Å². The summed E-state index contributed by atoms with van der Waals surface area (Å²) >= 11 is 0. The van der Waals surface area contributed by atoms with E-state index in [-0.39, 0.29) is 10.9 Å². The van der Waals surface area contributed by atoms with E-state index in [4.69, 9.17) is 16.6 Å². The van der Waals surface area contributed by atoms with Crippen LogP contribution in [0.1, 0.15) is 0 Å². The van der Waals surface area contributed by atoms with Gasteiger partial charge >= 0.3 is 6.03 Å². The Hall–Kier alpha value is -2.13. The number of aliphatic imine (C=N–C) groups is 1. The predicted octanol–water partition coefficient (Wildman–Crippen LogP) is -0.861. The Labute approximate surface area is 97.5 Å². The molecule has 0 spiro atoms. The van der Waals surface area contributed by atoms with E-state index in [1.165, 1.54) is 24.3 Å². The van der Waals surface area contributed by atoms with E-state index in [0.717, 1.165) is 0 Å². The number of guanidine groups is 1. The molecule has 0 aliphatic rings. The fourth-order valence-corrected chi connectivity index (χ4v) is 1.51. The molecule has 0 fully saturated rings. The Morgan fingerprint density at radius 2 is 1.71 bits per heavy atom. The van der Waals surface area contributed by atoms with Crippen LogP contribution in [0.4, 0.5) is 10.5 Å². The van der Waals surface area contributed by atoms with Crippen LogP contribution in [-0.2, 0) is 10.0 Å². The van der Waals surface area contributed by atoms with Gasteiger partial charge in [0.2, 0.25) is 10.0 Å². The third kappa shape index (κ3) is 4.09. The molecule has 0 atom stereocenters. The molecule has 92 valence electrons. The average molecular weight is 257 g/mol. The standard InChI is InChI=1S/C8H11N5O3S/c9-7(10)13-8(14)12-5-1-3-6(4-2-5)17(11,15)16/h1-4H,(H2,11,15,16)(H5,9,10,12,13,14). The molecule has 0 heterocycles. The van der Waals surface area contributed by atoms with Crippen molar-refractivity contribution in [2.24, 2.45) is 21.6 Å². The summed E-state index contributed by atoms with van der Waals surface area (Å²) in [6, 6.07) is 4.47. The van der Waals surface area contributed by atoms with Crippen LogP contribution in [0.25, 0.3) is 0 Å². The zero-order valence-corrected chi connectivity index (χ0v) is 9.44. The van der Waals surface area contributed by atoms with Crippen LogP contribution in [0.3, 0.4) is 0 Å². The van der Waals surface area contributed by atoms with Gasteiger partial charge in [0.15, 0.2) is 5.96 Å². The summed E-state index contributed by atoms with van der Waals surface area (Å²) < 4.78 is 21.9. The monoisotopic (exact) mass is 257 g/mol. The highest BCUT2D eigenvalue weighted by Gasteiger charge is 2.07. The Morgan fingerprint density at radius 1 is 1.18 bits per heavy atom. The lowest BCUT2D eigenvalue weighted by molar-refractivity contribution is 0.259. The molecule has 0 aromatic heterocycles. The first kappa shape index (κ1) is 12.9. The lowest BCUT2D eigenvalue weighted by atomic mass is 10.3. The minimum atomic E-state index is -3.75. The van der Waals surface area contributed by atoms with Crippen LogP contribution in [0.15, 0.2) is 34.2 Å². The molecule has 1 aromatic carbocycles. The maximum atomic E-state index is 11.1. The van der Waals surface area contributed by atoms with Gasteiger partial charge in [-0.2, -0.15) is 4.99 Å². The summed E-state index contributed by atoms with van der Waals surface area (Å²) in [5, 5.41) is 7.23. The second-order valence-electron chi connectivity index (χ2n) is 3.04. The molecule has 0 aliphatic carbocycles. The highest BCUT2D eigenvalue weighted by molar-refractivity contribution is 7.89. The zero-order chi connectivity index (χ0) is 13.1. The molecular formula is C8H11N5O3S. The van der Waals surface area contributed by atoms with Crippen molar-refractivity contribution in [3.63, 3.8) is 0 Å². The molecule has 0 radical (unpaired) electrons. The largest absolute Gasteiger partial charge is 0.370 e. The topological polar surface area (TPSA) is 154 Å². The summed E-state index contributed by atoms with van der Waals surface area (Å²) in [7, 11) is -3.75. The van der Waals surface area contributed by atoms with E-state index < -0.39 is 16.1 Å². The van der Waals surface area contributed by atoms with Gasteiger partial charge < -0.3 is 16.8 Å². The third-order valence-corrected chi connectivity index (χ3v) is 2.59. The van der Waals surface area contributed by atoms with Crippen molar-refractivity contribution in [2.45, 2.75) is 4.90 Å². The van der Waals surface area contributed by atoms with Gasteiger partial charge in [0.05, 0.1) is 4.90 Å². The second kappa shape index (κ2) is 4.80. The van der Waals surface area contributed by atoms with Gasteiger partial charge in [-0.05, 0) is 24.3 Å². The number of urea groups is 1. The molecular weight excluding hydrogens is 246 g/mol. The number of carbonyl (C=O) groups excluding carboxylic acids is 1. The van der Waals surface area contributed by atoms with Gasteiger partial charge in [0, 0.05) is 5.69 Å². The van der Waals surface area contributed by atoms with Crippen LogP contribution >= 0.6 is 0 Å². The van der Waals surface area contributed by atoms with E-state index in [2.05, 4.69) is 10.3 Å². The van der Waals surface area contributed by atoms with Gasteiger partial charge in [-0.15, -0.1) is 0 Å². The van der Waals surface area contributed by atoms with E-state index in [1.807, 2.05) is 0 Å². The molecule has 17 heavy (non-hydrogen) atoms. The average Bonchev–Trinajstić information content (AvgIpc) is 2.15. The molecule has 0 aliphatic heterocycles. The number of hydrogen-bond acceptors (Lipinski definition) is 3. The molecule has 1 aromatic rings. The van der Waals surface area contributed by atoms with Crippen LogP contribution in [0.2, 0.25) is 0 Å². The molecule has 7 N–H and O–H groups in total. The first-order valence-electron chi connectivity index (χ1n) is 4.32. The highest BCUT2D eigenvalue weighted by Crippen LogP contribution is 2.12. The summed E-state index contributed by atoms with van der Waals surface area (Å²) in [6.45, 7) is 0. The number of rotatable bonds is 2. The van der Waals surface area contributed by atoms with Gasteiger partial charge in [-0.3, -0.25) is 0 Å². The van der Waals surface area contributed by atoms with Crippen molar-refractivity contribution in [1.82, 2.24) is 0 Å². The normalized spacial score (nSPS) is 10.6. The fraction of sp³-hybridized carbons (Fsp3) is 0. The molecule has 0 saturated heterocycles. The van der Waals surface area contributed by atoms with E-state index in [0.29, 0.717) is 5.69 Å². The smallest absolute Gasteiger partial charge is 0.348 e. The molecule has 0 unspecified atom stereocenters. The first-order chi connectivity index (χ1) is 7.79. The van der Waals surface area contributed by atoms with Crippen molar-refractivity contribution < 1.29 is 13.2 Å². The summed E-state index contributed by atoms with van der Waals surface area (Å²) in [5.74, 6) is -0.372. The number of nitrogens with one attached hydrogen (secondary N) is 1. The van der Waals surface area contributed by atoms with Crippen molar-refractivity contribution in [1.29, 1.82) is 0 Å². The number of nitrogens with two attached hydrogens (primary N) is 3. The number of hydrogen-bond donors (Lipinski definition) is 4. The molecule has 1 rings (SSSR count). The number of nitrogens with zero attached hydrogens (tertiary/aromatic N) is 1. The minimum absolute atomic E-state index is 0.0580. The fourth-order valence-electron chi connectivity index (χ4n) is 0.997. The Balaban J connectivity index is 2.83. The molecule has 0 bridgehead atoms. The van der Waals surface area contributed by atoms with Crippen LogP contribution in [-0.4, -0.2) is 20.4 Å². The van der Waals surface area contributed by atoms with Crippen molar-refractivity contribution in [3.8, 4) is 0 Å². The van der Waals surface area contributed by atoms with Gasteiger partial charge in [-0.1, -0.05) is 0 Å². The highest BCUT2D eigenvalue weighted by atomic mass is 32.2. The quantitative estimate of drug-likeness (QED) is 0.401. The SMILES string of the molecule is NC(N)=NC(=O)Nc1ccc(S(N)(=O)=O)cc1.